The summed E-state index contributed by atoms with van der Waals surface area (Å²) in [6.07, 6.45) is 2.13. The first-order chi connectivity index (χ1) is 14.5. The van der Waals surface area contributed by atoms with E-state index in [1.165, 1.54) is 12.1 Å². The van der Waals surface area contributed by atoms with Crippen LogP contribution in [0.15, 0.2) is 48.5 Å². The number of piperidine rings is 1. The van der Waals surface area contributed by atoms with Gasteiger partial charge in [0.05, 0.1) is 6.61 Å². The molecular weight excluding hydrogens is 383 g/mol. The van der Waals surface area contributed by atoms with E-state index < -0.39 is 0 Å². The number of amides is 2. The highest BCUT2D eigenvalue weighted by molar-refractivity contribution is 5.94. The molecule has 0 unspecified atom stereocenters. The van der Waals surface area contributed by atoms with Crippen molar-refractivity contribution in [2.45, 2.75) is 32.4 Å². The number of halogens is 1. The first kappa shape index (κ1) is 20.5. The van der Waals surface area contributed by atoms with E-state index in [1.807, 2.05) is 40.1 Å². The quantitative estimate of drug-likeness (QED) is 0.756. The highest BCUT2D eigenvalue weighted by Crippen LogP contribution is 2.41. The molecule has 0 bridgehead atoms. The fraction of sp³-hybridized carbons (Fsp3) is 0.417. The molecule has 0 radical (unpaired) electrons. The number of methoxy groups -OCH3 is 1. The van der Waals surface area contributed by atoms with Crippen molar-refractivity contribution in [2.24, 2.45) is 5.41 Å². The van der Waals surface area contributed by atoms with Crippen molar-refractivity contribution in [1.29, 1.82) is 0 Å². The van der Waals surface area contributed by atoms with Gasteiger partial charge in [-0.15, -0.1) is 0 Å². The van der Waals surface area contributed by atoms with Crippen LogP contribution in [0.1, 0.15) is 40.7 Å². The number of nitrogens with zero attached hydrogens (tertiary/aromatic N) is 2. The molecule has 0 aromatic heterocycles. The van der Waals surface area contributed by atoms with E-state index >= 15 is 0 Å². The molecule has 1 spiro atoms. The number of carbonyl (C=O) groups excluding carboxylic acids is 2. The zero-order valence-corrected chi connectivity index (χ0v) is 17.3. The van der Waals surface area contributed by atoms with Crippen LogP contribution in [0.5, 0.6) is 0 Å². The largest absolute Gasteiger partial charge is 0.380 e. The van der Waals surface area contributed by atoms with Crippen LogP contribution in [0, 0.1) is 11.2 Å². The zero-order valence-electron chi connectivity index (χ0n) is 17.3. The Labute approximate surface area is 176 Å². The van der Waals surface area contributed by atoms with Gasteiger partial charge in [0.2, 0.25) is 5.91 Å². The van der Waals surface area contributed by atoms with Crippen LogP contribution in [-0.2, 0) is 22.7 Å². The van der Waals surface area contributed by atoms with Gasteiger partial charge in [-0.25, -0.2) is 4.39 Å². The fourth-order valence-corrected chi connectivity index (χ4v) is 4.59. The lowest BCUT2D eigenvalue weighted by Crippen LogP contribution is -2.44. The standard InChI is InChI=1S/C24H27FN2O3/c1-30-16-18-5-7-20(8-6-18)23(29)26-11-9-24(10-12-26)14-22(28)27(17-24)15-19-3-2-4-21(25)13-19/h2-8,13H,9-12,14-17H2,1H3. The van der Waals surface area contributed by atoms with Gasteiger partial charge >= 0.3 is 0 Å². The monoisotopic (exact) mass is 410 g/mol. The predicted octanol–water partition coefficient (Wildman–Crippen LogP) is 3.63. The van der Waals surface area contributed by atoms with E-state index in [0.717, 1.165) is 24.0 Å². The van der Waals surface area contributed by atoms with Gasteiger partial charge in [-0.1, -0.05) is 24.3 Å². The summed E-state index contributed by atoms with van der Waals surface area (Å²) in [6, 6.07) is 13.9. The van der Waals surface area contributed by atoms with Crippen molar-refractivity contribution < 1.29 is 18.7 Å². The fourth-order valence-electron chi connectivity index (χ4n) is 4.59. The first-order valence-electron chi connectivity index (χ1n) is 10.4. The number of benzene rings is 2. The third-order valence-corrected chi connectivity index (χ3v) is 6.29. The Morgan fingerprint density at radius 3 is 2.50 bits per heavy atom. The molecular formula is C24H27FN2O3. The molecule has 4 rings (SSSR count). The summed E-state index contributed by atoms with van der Waals surface area (Å²) in [5.74, 6) is -0.126. The van der Waals surface area contributed by atoms with Gasteiger partial charge in [0.15, 0.2) is 0 Å². The van der Waals surface area contributed by atoms with E-state index in [2.05, 4.69) is 0 Å². The number of hydrogen-bond donors (Lipinski definition) is 0. The number of hydrogen-bond acceptors (Lipinski definition) is 3. The maximum absolute atomic E-state index is 13.5. The molecule has 158 valence electrons. The lowest BCUT2D eigenvalue weighted by atomic mass is 9.77. The smallest absolute Gasteiger partial charge is 0.253 e. The van der Waals surface area contributed by atoms with Crippen LogP contribution in [0.4, 0.5) is 4.39 Å². The molecule has 2 aromatic rings. The summed E-state index contributed by atoms with van der Waals surface area (Å²) in [5, 5.41) is 0. The highest BCUT2D eigenvalue weighted by atomic mass is 19.1. The van der Waals surface area contributed by atoms with E-state index in [-0.39, 0.29) is 23.0 Å². The molecule has 2 aliphatic rings. The van der Waals surface area contributed by atoms with E-state index in [1.54, 1.807) is 13.2 Å². The molecule has 0 saturated carbocycles. The summed E-state index contributed by atoms with van der Waals surface area (Å²) < 4.78 is 18.6. The van der Waals surface area contributed by atoms with Crippen LogP contribution < -0.4 is 0 Å². The average Bonchev–Trinajstić information content (AvgIpc) is 3.03. The lowest BCUT2D eigenvalue weighted by molar-refractivity contribution is -0.128. The summed E-state index contributed by atoms with van der Waals surface area (Å²) in [6.45, 7) is 2.95. The molecule has 2 amide bonds. The maximum Gasteiger partial charge on any atom is 0.253 e. The van der Waals surface area contributed by atoms with E-state index in [0.29, 0.717) is 44.8 Å². The third kappa shape index (κ3) is 4.38. The molecule has 2 saturated heterocycles. The normalized spacial score (nSPS) is 18.3. The topological polar surface area (TPSA) is 49.9 Å². The first-order valence-corrected chi connectivity index (χ1v) is 10.4. The Kier molecular flexibility index (Phi) is 5.86. The molecule has 6 heteroatoms. The number of ether oxygens (including phenoxy) is 1. The van der Waals surface area contributed by atoms with Crippen molar-refractivity contribution in [3.05, 3.63) is 71.0 Å². The molecule has 0 aliphatic carbocycles. The summed E-state index contributed by atoms with van der Waals surface area (Å²) in [5.41, 5.74) is 2.45. The summed E-state index contributed by atoms with van der Waals surface area (Å²) >= 11 is 0. The number of carbonyl (C=O) groups is 2. The van der Waals surface area contributed by atoms with Crippen molar-refractivity contribution in [3.63, 3.8) is 0 Å². The Morgan fingerprint density at radius 2 is 1.83 bits per heavy atom. The van der Waals surface area contributed by atoms with Gasteiger partial charge in [0.25, 0.3) is 5.91 Å². The van der Waals surface area contributed by atoms with Crippen LogP contribution in [0.25, 0.3) is 0 Å². The molecule has 0 atom stereocenters. The Balaban J connectivity index is 1.35. The molecule has 2 aromatic carbocycles. The maximum atomic E-state index is 13.5. The minimum atomic E-state index is -0.282. The van der Waals surface area contributed by atoms with Gasteiger partial charge in [-0.05, 0) is 48.2 Å². The second-order valence-corrected chi connectivity index (χ2v) is 8.48. The molecule has 5 nitrogen and oxygen atoms in total. The minimum absolute atomic E-state index is 0.0368. The van der Waals surface area contributed by atoms with Crippen molar-refractivity contribution in [3.8, 4) is 0 Å². The predicted molar refractivity (Wildman–Crippen MR) is 111 cm³/mol. The van der Waals surface area contributed by atoms with E-state index in [9.17, 15) is 14.0 Å². The Bertz CT molecular complexity index is 920. The molecule has 2 fully saturated rings. The second-order valence-electron chi connectivity index (χ2n) is 8.48. The van der Waals surface area contributed by atoms with Gasteiger partial charge in [0, 0.05) is 50.7 Å². The van der Waals surface area contributed by atoms with Crippen LogP contribution in [0.2, 0.25) is 0 Å². The summed E-state index contributed by atoms with van der Waals surface area (Å²) in [4.78, 5) is 29.2. The van der Waals surface area contributed by atoms with Gasteiger partial charge in [0.1, 0.15) is 5.82 Å². The SMILES string of the molecule is COCc1ccc(C(=O)N2CCC3(CC2)CC(=O)N(Cc2cccc(F)c2)C3)cc1. The van der Waals surface area contributed by atoms with Crippen LogP contribution in [0.3, 0.4) is 0 Å². The van der Waals surface area contributed by atoms with Crippen LogP contribution in [-0.4, -0.2) is 48.4 Å². The molecule has 0 N–H and O–H groups in total. The number of likely N-dealkylation sites (tertiary alicyclic amines) is 2. The number of rotatable bonds is 5. The minimum Gasteiger partial charge on any atom is -0.380 e. The van der Waals surface area contributed by atoms with Crippen LogP contribution >= 0.6 is 0 Å². The van der Waals surface area contributed by atoms with Crippen molar-refractivity contribution >= 4 is 11.8 Å². The average molecular weight is 410 g/mol. The van der Waals surface area contributed by atoms with Gasteiger partial charge in [-0.2, -0.15) is 0 Å². The van der Waals surface area contributed by atoms with E-state index in [4.69, 9.17) is 4.74 Å². The zero-order chi connectivity index (χ0) is 21.1. The van der Waals surface area contributed by atoms with Gasteiger partial charge < -0.3 is 14.5 Å². The Morgan fingerprint density at radius 1 is 1.10 bits per heavy atom. The lowest BCUT2D eigenvalue weighted by Gasteiger charge is -2.38. The molecule has 30 heavy (non-hydrogen) atoms. The van der Waals surface area contributed by atoms with Crippen molar-refractivity contribution in [1.82, 2.24) is 9.80 Å². The molecule has 2 heterocycles. The Hall–Kier alpha value is -2.73. The highest BCUT2D eigenvalue weighted by Gasteiger charge is 2.45. The van der Waals surface area contributed by atoms with Gasteiger partial charge in [-0.3, -0.25) is 9.59 Å². The van der Waals surface area contributed by atoms with Crippen molar-refractivity contribution in [2.75, 3.05) is 26.7 Å². The second kappa shape index (κ2) is 8.56. The molecule has 2 aliphatic heterocycles. The summed E-state index contributed by atoms with van der Waals surface area (Å²) in [7, 11) is 1.65. The third-order valence-electron chi connectivity index (χ3n) is 6.29.